The predicted molar refractivity (Wildman–Crippen MR) is 426 cm³/mol. The first-order valence-electron chi connectivity index (χ1n) is 39.5. The molecular weight excluding hydrogens is 1200 g/mol. The second-order valence-electron chi connectivity index (χ2n) is 37.0. The SMILES string of the molecule is CC(C)(C)CO.CC(C)(C)O.CC(C)C(C)O.CC(O)C(C)(C)C.CC(O)C(C)(C)C.CCC(C)(C)C(C)O.CCCC(C)(C)C(C)O.CCCCC(C)(C)C(C)O.CCCCC1(C(C)O)CCCCC1.CCCCCC(C)(C)C(C)O.CCCCCC1(C(C)O)CCCCC1. The van der Waals surface area contributed by atoms with Crippen molar-refractivity contribution in [3.8, 4) is 0 Å². The maximum absolute atomic E-state index is 9.93. The van der Waals surface area contributed by atoms with Crippen LogP contribution in [0.25, 0.3) is 0 Å². The molecule has 0 saturated heterocycles. The van der Waals surface area contributed by atoms with Gasteiger partial charge in [-0.25, -0.2) is 0 Å². The minimum Gasteiger partial charge on any atom is -0.396 e. The summed E-state index contributed by atoms with van der Waals surface area (Å²) >= 11 is 0. The van der Waals surface area contributed by atoms with E-state index in [1.54, 1.807) is 41.5 Å². The van der Waals surface area contributed by atoms with Crippen LogP contribution in [0.5, 0.6) is 0 Å². The Morgan fingerprint density at radius 1 is 0.312 bits per heavy atom. The van der Waals surface area contributed by atoms with Crippen LogP contribution in [0.3, 0.4) is 0 Å². The Hall–Kier alpha value is -0.440. The second-order valence-corrected chi connectivity index (χ2v) is 37.0. The molecule has 11 nitrogen and oxygen atoms in total. The summed E-state index contributed by atoms with van der Waals surface area (Å²) in [4.78, 5) is 0. The first-order valence-corrected chi connectivity index (χ1v) is 39.5. The number of unbranched alkanes of at least 4 members (excludes halogenated alkanes) is 6. The Morgan fingerprint density at radius 2 is 0.542 bits per heavy atom. The van der Waals surface area contributed by atoms with Crippen LogP contribution in [0.2, 0.25) is 0 Å². The van der Waals surface area contributed by atoms with E-state index in [4.69, 9.17) is 30.6 Å². The first-order chi connectivity index (χ1) is 43.0. The van der Waals surface area contributed by atoms with E-state index in [9.17, 15) is 25.5 Å². The van der Waals surface area contributed by atoms with Crippen molar-refractivity contribution in [1.29, 1.82) is 0 Å². The maximum atomic E-state index is 9.93. The van der Waals surface area contributed by atoms with E-state index >= 15 is 0 Å². The molecule has 0 aromatic rings. The lowest BCUT2D eigenvalue weighted by molar-refractivity contribution is 0.000118. The summed E-state index contributed by atoms with van der Waals surface area (Å²) in [5, 5.41) is 100. The molecule has 0 bridgehead atoms. The van der Waals surface area contributed by atoms with Crippen LogP contribution in [0.1, 0.15) is 430 Å². The van der Waals surface area contributed by atoms with Crippen LogP contribution in [0, 0.1) is 54.7 Å². The van der Waals surface area contributed by atoms with Gasteiger partial charge in [0.05, 0.1) is 60.5 Å². The quantitative estimate of drug-likeness (QED) is 0.0408. The van der Waals surface area contributed by atoms with Crippen molar-refractivity contribution < 1.29 is 56.2 Å². The zero-order valence-corrected chi connectivity index (χ0v) is 72.5. The topological polar surface area (TPSA) is 223 Å². The van der Waals surface area contributed by atoms with E-state index in [0.29, 0.717) is 5.92 Å². The van der Waals surface area contributed by atoms with Gasteiger partial charge in [0.1, 0.15) is 0 Å². The van der Waals surface area contributed by atoms with E-state index in [2.05, 4.69) is 96.9 Å². The average molecular weight is 1390 g/mol. The smallest absolute Gasteiger partial charge is 0.0568 e. The summed E-state index contributed by atoms with van der Waals surface area (Å²) in [5.74, 6) is 0.407. The second kappa shape index (κ2) is 59.9. The first kappa shape index (κ1) is 114. The van der Waals surface area contributed by atoms with E-state index < -0.39 is 5.60 Å². The molecule has 2 aliphatic rings. The van der Waals surface area contributed by atoms with Gasteiger partial charge in [-0.1, -0.05) is 282 Å². The van der Waals surface area contributed by atoms with Crippen molar-refractivity contribution in [1.82, 2.24) is 0 Å². The summed E-state index contributed by atoms with van der Waals surface area (Å²) in [6.45, 7) is 74.3. The fraction of sp³-hybridized carbons (Fsp3) is 1.00. The molecular formula is C85H188O11. The molecule has 0 radical (unpaired) electrons. The van der Waals surface area contributed by atoms with Crippen molar-refractivity contribution in [3.63, 3.8) is 0 Å². The largest absolute Gasteiger partial charge is 0.396 e. The molecule has 2 aliphatic carbocycles. The van der Waals surface area contributed by atoms with Crippen LogP contribution < -0.4 is 0 Å². The number of hydrogen-bond donors (Lipinski definition) is 11. The number of rotatable bonds is 24. The standard InChI is InChI=1S/C13H26O.C12H24O.C10H22O.C9H20O.C8H18O.C7H16O.2C6H14O.2C5H12O.C4H10O/c1-3-4-6-9-13(12(2)14)10-7-5-8-11-13;1-3-4-8-12(11(2)13)9-6-5-7-10-12;1-5-6-7-8-10(3,4)9(2)11;1-5-6-7-9(3,4)8(2)10;1-5-6-8(3,4)7(2)9;1-5-7(3,4)6(2)8;2*1-5(7)6(2,3)4;1-5(2,3)4-6;1-4(2)5(3)6;1-4(2,3)5/h12,14H,3-11H2,1-2H3;11,13H,3-10H2,1-2H3;9,11H,5-8H2,1-4H3;8,10H,5-7H2,1-4H3;7,9H,5-6H2,1-4H3;6,8H,5H2,1-4H3;2*5,7H,1-4H3;6H,4H2,1-3H3;4-6H,1-3H3;5H,1-3H3. The molecule has 9 unspecified atom stereocenters. The van der Waals surface area contributed by atoms with E-state index in [1.165, 1.54) is 141 Å². The van der Waals surface area contributed by atoms with E-state index in [-0.39, 0.29) is 110 Å². The van der Waals surface area contributed by atoms with Crippen molar-refractivity contribution in [3.05, 3.63) is 0 Å². The highest BCUT2D eigenvalue weighted by Crippen LogP contribution is 2.44. The van der Waals surface area contributed by atoms with Crippen LogP contribution >= 0.6 is 0 Å². The Bertz CT molecular complexity index is 1550. The molecule has 594 valence electrons. The van der Waals surface area contributed by atoms with Crippen LogP contribution in [0.4, 0.5) is 0 Å². The van der Waals surface area contributed by atoms with Gasteiger partial charge in [-0.3, -0.25) is 0 Å². The molecule has 11 N–H and O–H groups in total. The third kappa shape index (κ3) is 74.7. The third-order valence-electron chi connectivity index (χ3n) is 20.7. The van der Waals surface area contributed by atoms with Gasteiger partial charge >= 0.3 is 0 Å². The van der Waals surface area contributed by atoms with Gasteiger partial charge in [0, 0.05) is 6.61 Å². The minimum absolute atomic E-state index is 0.0556. The third-order valence-corrected chi connectivity index (χ3v) is 20.7. The minimum atomic E-state index is -0.500. The zero-order valence-electron chi connectivity index (χ0n) is 72.5. The van der Waals surface area contributed by atoms with Crippen molar-refractivity contribution in [2.45, 2.75) is 490 Å². The van der Waals surface area contributed by atoms with E-state index in [1.807, 2.05) is 118 Å². The summed E-state index contributed by atoms with van der Waals surface area (Å²) < 4.78 is 0. The Kier molecular flexibility index (Phi) is 71.1. The van der Waals surface area contributed by atoms with Gasteiger partial charge in [-0.15, -0.1) is 0 Å². The van der Waals surface area contributed by atoms with Gasteiger partial charge in [-0.2, -0.15) is 0 Å². The highest BCUT2D eigenvalue weighted by Gasteiger charge is 2.37. The van der Waals surface area contributed by atoms with Crippen molar-refractivity contribution in [2.75, 3.05) is 6.61 Å². The van der Waals surface area contributed by atoms with Crippen molar-refractivity contribution in [2.24, 2.45) is 54.7 Å². The molecule has 96 heavy (non-hydrogen) atoms. The highest BCUT2D eigenvalue weighted by molar-refractivity contribution is 4.88. The fourth-order valence-electron chi connectivity index (χ4n) is 8.55. The molecule has 2 fully saturated rings. The molecule has 0 spiro atoms. The number of hydrogen-bond acceptors (Lipinski definition) is 11. The van der Waals surface area contributed by atoms with E-state index in [0.717, 1.165) is 32.1 Å². The molecule has 0 aliphatic heterocycles. The van der Waals surface area contributed by atoms with Crippen molar-refractivity contribution >= 4 is 0 Å². The summed E-state index contributed by atoms with van der Waals surface area (Å²) in [7, 11) is 0. The molecule has 11 heteroatoms. The van der Waals surface area contributed by atoms with Gasteiger partial charge in [0.15, 0.2) is 0 Å². The number of aliphatic hydroxyl groups is 11. The lowest BCUT2D eigenvalue weighted by Gasteiger charge is -2.40. The molecule has 0 heterocycles. The van der Waals surface area contributed by atoms with Gasteiger partial charge in [0.25, 0.3) is 0 Å². The maximum Gasteiger partial charge on any atom is 0.0568 e. The van der Waals surface area contributed by atoms with Gasteiger partial charge in [0.2, 0.25) is 0 Å². The molecule has 2 saturated carbocycles. The van der Waals surface area contributed by atoms with Gasteiger partial charge in [-0.05, 0) is 202 Å². The van der Waals surface area contributed by atoms with Gasteiger partial charge < -0.3 is 56.2 Å². The Labute approximate surface area is 604 Å². The summed E-state index contributed by atoms with van der Waals surface area (Å²) in [5.41, 5.74) is 0.696. The van der Waals surface area contributed by atoms with Crippen LogP contribution in [-0.4, -0.2) is 123 Å². The van der Waals surface area contributed by atoms with Crippen LogP contribution in [-0.2, 0) is 0 Å². The molecule has 0 aromatic carbocycles. The normalized spacial score (nSPS) is 17.6. The lowest BCUT2D eigenvalue weighted by atomic mass is 9.68. The molecule has 0 amide bonds. The summed E-state index contributed by atoms with van der Waals surface area (Å²) in [6, 6.07) is 0. The molecule has 9 atom stereocenters. The number of aliphatic hydroxyl groups excluding tert-OH is 10. The highest BCUT2D eigenvalue weighted by atomic mass is 16.3. The zero-order chi connectivity index (χ0) is 78.6. The Morgan fingerprint density at radius 3 is 0.708 bits per heavy atom. The predicted octanol–water partition coefficient (Wildman–Crippen LogP) is 22.6. The molecule has 0 aromatic heterocycles. The lowest BCUT2D eigenvalue weighted by Crippen LogP contribution is -2.35. The monoisotopic (exact) mass is 1390 g/mol. The average Bonchev–Trinajstić information content (AvgIpc) is 0.962. The summed E-state index contributed by atoms with van der Waals surface area (Å²) in [6.07, 6.45) is 32.3. The van der Waals surface area contributed by atoms with Crippen LogP contribution in [0.15, 0.2) is 0 Å². The Balaban J connectivity index is -0.000000126. The molecule has 2 rings (SSSR count). The fourth-order valence-corrected chi connectivity index (χ4v) is 8.55.